The van der Waals surface area contributed by atoms with Crippen molar-refractivity contribution in [3.8, 4) is 0 Å². The average molecular weight is 325 g/mol. The van der Waals surface area contributed by atoms with E-state index in [4.69, 9.17) is 5.73 Å². The van der Waals surface area contributed by atoms with Crippen molar-refractivity contribution in [1.82, 2.24) is 5.32 Å². The molecule has 0 atom stereocenters. The molecule has 0 spiro atoms. The molecule has 1 aliphatic rings. The maximum absolute atomic E-state index is 5.90. The zero-order valence-electron chi connectivity index (χ0n) is 12.0. The van der Waals surface area contributed by atoms with Crippen molar-refractivity contribution in [2.24, 2.45) is 11.1 Å². The largest absolute Gasteiger partial charge is 0.330 e. The summed E-state index contributed by atoms with van der Waals surface area (Å²) in [4.78, 5) is 0. The second-order valence-corrected chi connectivity index (χ2v) is 7.47. The standard InChI is InChI=1S/C16H25BrN2/c1-15(2,13-5-3-6-14(17)9-13)11-19-12-16(10-18)7-4-8-16/h3,5-6,9,19H,4,7-8,10-12,18H2,1-2H3. The minimum Gasteiger partial charge on any atom is -0.330 e. The highest BCUT2D eigenvalue weighted by Crippen LogP contribution is 2.39. The van der Waals surface area contributed by atoms with Gasteiger partial charge in [-0.25, -0.2) is 0 Å². The fourth-order valence-electron chi connectivity index (χ4n) is 2.78. The van der Waals surface area contributed by atoms with Gasteiger partial charge in [-0.2, -0.15) is 0 Å². The van der Waals surface area contributed by atoms with E-state index in [1.165, 1.54) is 24.8 Å². The number of halogens is 1. The van der Waals surface area contributed by atoms with Gasteiger partial charge >= 0.3 is 0 Å². The Balaban J connectivity index is 1.90. The Hall–Kier alpha value is -0.380. The monoisotopic (exact) mass is 324 g/mol. The van der Waals surface area contributed by atoms with E-state index in [1.54, 1.807) is 0 Å². The first kappa shape index (κ1) is 15.0. The quantitative estimate of drug-likeness (QED) is 0.841. The summed E-state index contributed by atoms with van der Waals surface area (Å²) in [5.41, 5.74) is 7.79. The molecule has 0 aromatic heterocycles. The molecule has 1 aromatic rings. The van der Waals surface area contributed by atoms with Crippen molar-refractivity contribution in [1.29, 1.82) is 0 Å². The van der Waals surface area contributed by atoms with E-state index in [0.29, 0.717) is 5.41 Å². The molecule has 0 heterocycles. The van der Waals surface area contributed by atoms with Gasteiger partial charge in [0.2, 0.25) is 0 Å². The Bertz CT molecular complexity index is 419. The van der Waals surface area contributed by atoms with Gasteiger partial charge in [0, 0.05) is 23.0 Å². The van der Waals surface area contributed by atoms with E-state index < -0.39 is 0 Å². The van der Waals surface area contributed by atoms with E-state index >= 15 is 0 Å². The molecular formula is C16H25BrN2. The van der Waals surface area contributed by atoms with Crippen molar-refractivity contribution in [2.45, 2.75) is 38.5 Å². The maximum Gasteiger partial charge on any atom is 0.0178 e. The van der Waals surface area contributed by atoms with E-state index in [1.807, 2.05) is 0 Å². The van der Waals surface area contributed by atoms with Gasteiger partial charge in [0.25, 0.3) is 0 Å². The highest BCUT2D eigenvalue weighted by molar-refractivity contribution is 9.10. The maximum atomic E-state index is 5.90. The van der Waals surface area contributed by atoms with E-state index in [9.17, 15) is 0 Å². The van der Waals surface area contributed by atoms with Crippen LogP contribution in [0.3, 0.4) is 0 Å². The van der Waals surface area contributed by atoms with Gasteiger partial charge in [-0.15, -0.1) is 0 Å². The van der Waals surface area contributed by atoms with Gasteiger partial charge in [0.05, 0.1) is 0 Å². The molecule has 0 amide bonds. The second kappa shape index (κ2) is 5.94. The van der Waals surface area contributed by atoms with Crippen LogP contribution in [0.15, 0.2) is 28.7 Å². The molecule has 1 fully saturated rings. The number of hydrogen-bond acceptors (Lipinski definition) is 2. The number of nitrogens with two attached hydrogens (primary N) is 1. The minimum atomic E-state index is 0.142. The number of benzene rings is 1. The average Bonchev–Trinajstić information content (AvgIpc) is 2.32. The van der Waals surface area contributed by atoms with Crippen LogP contribution < -0.4 is 11.1 Å². The van der Waals surface area contributed by atoms with Gasteiger partial charge in [0.1, 0.15) is 0 Å². The Morgan fingerprint density at radius 1 is 1.37 bits per heavy atom. The van der Waals surface area contributed by atoms with Crippen LogP contribution in [-0.4, -0.2) is 19.6 Å². The summed E-state index contributed by atoms with van der Waals surface area (Å²) in [5.74, 6) is 0. The summed E-state index contributed by atoms with van der Waals surface area (Å²) in [6.45, 7) is 7.44. The molecule has 3 heteroatoms. The second-order valence-electron chi connectivity index (χ2n) is 6.56. The predicted molar refractivity (Wildman–Crippen MR) is 85.4 cm³/mol. The summed E-state index contributed by atoms with van der Waals surface area (Å²) in [5, 5.41) is 3.64. The summed E-state index contributed by atoms with van der Waals surface area (Å²) < 4.78 is 1.15. The normalized spacial score (nSPS) is 18.1. The van der Waals surface area contributed by atoms with Crippen molar-refractivity contribution in [2.75, 3.05) is 19.6 Å². The number of nitrogens with one attached hydrogen (secondary N) is 1. The van der Waals surface area contributed by atoms with Crippen molar-refractivity contribution >= 4 is 15.9 Å². The SMILES string of the molecule is CC(C)(CNCC1(CN)CCC1)c1cccc(Br)c1. The molecular weight excluding hydrogens is 300 g/mol. The van der Waals surface area contributed by atoms with Gasteiger partial charge in [0.15, 0.2) is 0 Å². The van der Waals surface area contributed by atoms with Gasteiger partial charge in [-0.05, 0) is 42.5 Å². The molecule has 1 saturated carbocycles. The first-order valence-corrected chi connectivity index (χ1v) is 7.94. The first-order chi connectivity index (χ1) is 8.97. The minimum absolute atomic E-state index is 0.142. The highest BCUT2D eigenvalue weighted by atomic mass is 79.9. The van der Waals surface area contributed by atoms with Crippen LogP contribution in [0.2, 0.25) is 0 Å². The molecule has 2 rings (SSSR count). The third-order valence-corrected chi connectivity index (χ3v) is 5.01. The van der Waals surface area contributed by atoms with Crippen LogP contribution in [-0.2, 0) is 5.41 Å². The highest BCUT2D eigenvalue weighted by Gasteiger charge is 2.35. The summed E-state index contributed by atoms with van der Waals surface area (Å²) in [6, 6.07) is 8.59. The third kappa shape index (κ3) is 3.59. The fourth-order valence-corrected chi connectivity index (χ4v) is 3.18. The molecule has 1 aromatic carbocycles. The topological polar surface area (TPSA) is 38.0 Å². The van der Waals surface area contributed by atoms with Gasteiger partial charge < -0.3 is 11.1 Å². The van der Waals surface area contributed by atoms with Crippen molar-refractivity contribution in [3.05, 3.63) is 34.3 Å². The van der Waals surface area contributed by atoms with Gasteiger partial charge in [-0.1, -0.05) is 48.3 Å². The Labute approximate surface area is 125 Å². The summed E-state index contributed by atoms with van der Waals surface area (Å²) >= 11 is 3.55. The lowest BCUT2D eigenvalue weighted by Gasteiger charge is -2.42. The zero-order valence-corrected chi connectivity index (χ0v) is 13.6. The molecule has 0 bridgehead atoms. The Morgan fingerprint density at radius 2 is 2.11 bits per heavy atom. The number of rotatable bonds is 6. The summed E-state index contributed by atoms with van der Waals surface area (Å²) in [6.07, 6.45) is 3.91. The van der Waals surface area contributed by atoms with E-state index in [2.05, 4.69) is 59.4 Å². The molecule has 0 aliphatic heterocycles. The molecule has 1 aliphatic carbocycles. The van der Waals surface area contributed by atoms with Crippen LogP contribution in [0.1, 0.15) is 38.7 Å². The zero-order chi connectivity index (χ0) is 13.9. The molecule has 19 heavy (non-hydrogen) atoms. The fraction of sp³-hybridized carbons (Fsp3) is 0.625. The lowest BCUT2D eigenvalue weighted by molar-refractivity contribution is 0.138. The summed E-state index contributed by atoms with van der Waals surface area (Å²) in [7, 11) is 0. The van der Waals surface area contributed by atoms with E-state index in [0.717, 1.165) is 24.1 Å². The molecule has 2 nitrogen and oxygen atoms in total. The van der Waals surface area contributed by atoms with Crippen molar-refractivity contribution in [3.63, 3.8) is 0 Å². The molecule has 0 saturated heterocycles. The lowest BCUT2D eigenvalue weighted by Crippen LogP contribution is -2.47. The smallest absolute Gasteiger partial charge is 0.0178 e. The van der Waals surface area contributed by atoms with E-state index in [-0.39, 0.29) is 5.41 Å². The lowest BCUT2D eigenvalue weighted by atomic mass is 9.68. The Morgan fingerprint density at radius 3 is 2.63 bits per heavy atom. The molecule has 106 valence electrons. The first-order valence-electron chi connectivity index (χ1n) is 7.14. The van der Waals surface area contributed by atoms with Crippen LogP contribution >= 0.6 is 15.9 Å². The van der Waals surface area contributed by atoms with Crippen molar-refractivity contribution < 1.29 is 0 Å². The molecule has 3 N–H and O–H groups in total. The predicted octanol–water partition coefficient (Wildman–Crippen LogP) is 3.45. The third-order valence-electron chi connectivity index (χ3n) is 4.52. The van der Waals surface area contributed by atoms with Gasteiger partial charge in [-0.3, -0.25) is 0 Å². The van der Waals surface area contributed by atoms with Crippen LogP contribution in [0.5, 0.6) is 0 Å². The molecule has 0 radical (unpaired) electrons. The Kier molecular flexibility index (Phi) is 4.70. The number of hydrogen-bond donors (Lipinski definition) is 2. The molecule has 0 unspecified atom stereocenters. The van der Waals surface area contributed by atoms with Crippen LogP contribution in [0, 0.1) is 5.41 Å². The van der Waals surface area contributed by atoms with Crippen LogP contribution in [0.4, 0.5) is 0 Å². The van der Waals surface area contributed by atoms with Crippen LogP contribution in [0.25, 0.3) is 0 Å².